The smallest absolute Gasteiger partial charge is 0.271 e. The number of carbonyl (C=O) groups is 1. The highest BCUT2D eigenvalue weighted by Gasteiger charge is 2.21. The summed E-state index contributed by atoms with van der Waals surface area (Å²) in [5.74, 6) is -0.0191. The Labute approximate surface area is 113 Å². The average molecular weight is 262 g/mol. The summed E-state index contributed by atoms with van der Waals surface area (Å²) in [6, 6.07) is 2.58. The summed E-state index contributed by atoms with van der Waals surface area (Å²) >= 11 is 0. The molecule has 5 nitrogen and oxygen atoms in total. The zero-order valence-electron chi connectivity index (χ0n) is 11.3. The molecular formula is C14H22N4O. The molecule has 1 unspecified atom stereocenters. The van der Waals surface area contributed by atoms with Crippen LogP contribution in [0, 0.1) is 0 Å². The van der Waals surface area contributed by atoms with Crippen LogP contribution in [0.4, 0.5) is 0 Å². The molecule has 2 aliphatic rings. The van der Waals surface area contributed by atoms with E-state index in [0.29, 0.717) is 17.8 Å². The van der Waals surface area contributed by atoms with E-state index in [1.54, 1.807) is 0 Å². The molecule has 1 atom stereocenters. The number of piperidine rings is 1. The molecule has 0 bridgehead atoms. The van der Waals surface area contributed by atoms with Crippen molar-refractivity contribution in [1.29, 1.82) is 0 Å². The predicted molar refractivity (Wildman–Crippen MR) is 73.1 cm³/mol. The van der Waals surface area contributed by atoms with Crippen molar-refractivity contribution in [3.8, 4) is 0 Å². The zero-order chi connectivity index (χ0) is 13.1. The lowest BCUT2D eigenvalue weighted by molar-refractivity contribution is 0.0931. The highest BCUT2D eigenvalue weighted by atomic mass is 16.2. The number of rotatable bonds is 3. The molecule has 0 aromatic carbocycles. The van der Waals surface area contributed by atoms with Gasteiger partial charge in [0.05, 0.1) is 6.04 Å². The summed E-state index contributed by atoms with van der Waals surface area (Å²) in [5.41, 5.74) is 0.553. The van der Waals surface area contributed by atoms with Crippen LogP contribution in [0.15, 0.2) is 12.3 Å². The second-order valence-electron chi connectivity index (χ2n) is 5.64. The van der Waals surface area contributed by atoms with E-state index >= 15 is 0 Å². The van der Waals surface area contributed by atoms with Gasteiger partial charge < -0.3 is 10.6 Å². The number of amides is 1. The van der Waals surface area contributed by atoms with Crippen molar-refractivity contribution in [2.75, 3.05) is 13.1 Å². The third-order valence-corrected chi connectivity index (χ3v) is 4.18. The minimum atomic E-state index is -0.0191. The molecule has 1 saturated carbocycles. The van der Waals surface area contributed by atoms with Gasteiger partial charge in [-0.2, -0.15) is 5.10 Å². The molecule has 2 N–H and O–H groups in total. The summed E-state index contributed by atoms with van der Waals surface area (Å²) in [6.07, 6.45) is 8.92. The zero-order valence-corrected chi connectivity index (χ0v) is 11.3. The van der Waals surface area contributed by atoms with E-state index < -0.39 is 0 Å². The molecule has 2 heterocycles. The van der Waals surface area contributed by atoms with Crippen molar-refractivity contribution in [3.63, 3.8) is 0 Å². The fourth-order valence-corrected chi connectivity index (χ4v) is 3.05. The summed E-state index contributed by atoms with van der Waals surface area (Å²) in [4.78, 5) is 12.1. The van der Waals surface area contributed by atoms with Gasteiger partial charge in [0.25, 0.3) is 5.91 Å². The Balaban J connectivity index is 1.61. The maximum Gasteiger partial charge on any atom is 0.271 e. The van der Waals surface area contributed by atoms with Crippen molar-refractivity contribution in [2.45, 2.75) is 50.6 Å². The number of carbonyl (C=O) groups excluding carboxylic acids is 1. The molecule has 0 spiro atoms. The normalized spacial score (nSPS) is 24.5. The van der Waals surface area contributed by atoms with Gasteiger partial charge in [0.2, 0.25) is 0 Å². The van der Waals surface area contributed by atoms with Crippen LogP contribution in [0.3, 0.4) is 0 Å². The van der Waals surface area contributed by atoms with Gasteiger partial charge in [-0.25, -0.2) is 0 Å². The second-order valence-corrected chi connectivity index (χ2v) is 5.64. The van der Waals surface area contributed by atoms with Crippen LogP contribution in [0.25, 0.3) is 0 Å². The molecule has 5 heteroatoms. The minimum Gasteiger partial charge on any atom is -0.348 e. The first-order valence-corrected chi connectivity index (χ1v) is 7.39. The average Bonchev–Trinajstić information content (AvgIpc) is 3.10. The molecule has 3 rings (SSSR count). The summed E-state index contributed by atoms with van der Waals surface area (Å²) in [6.45, 7) is 2.04. The standard InChI is InChI=1S/C14H22N4O/c19-14(16-11-4-1-2-5-11)13-7-9-18(17-13)12-6-3-8-15-10-12/h7,9,11-12,15H,1-6,8,10H2,(H,16,19). The fraction of sp³-hybridized carbons (Fsp3) is 0.714. The van der Waals surface area contributed by atoms with Crippen LogP contribution in [0.5, 0.6) is 0 Å². The minimum absolute atomic E-state index is 0.0191. The van der Waals surface area contributed by atoms with Gasteiger partial charge in [-0.1, -0.05) is 12.8 Å². The second kappa shape index (κ2) is 5.74. The van der Waals surface area contributed by atoms with Gasteiger partial charge in [0.15, 0.2) is 0 Å². The Kier molecular flexibility index (Phi) is 3.82. The predicted octanol–water partition coefficient (Wildman–Crippen LogP) is 1.48. The van der Waals surface area contributed by atoms with Crippen molar-refractivity contribution in [2.24, 2.45) is 0 Å². The van der Waals surface area contributed by atoms with Gasteiger partial charge in [-0.15, -0.1) is 0 Å². The first-order chi connectivity index (χ1) is 9.33. The number of nitrogens with zero attached hydrogens (tertiary/aromatic N) is 2. The fourth-order valence-electron chi connectivity index (χ4n) is 3.05. The molecule has 1 aliphatic carbocycles. The van der Waals surface area contributed by atoms with Crippen molar-refractivity contribution in [1.82, 2.24) is 20.4 Å². The molecular weight excluding hydrogens is 240 g/mol. The number of nitrogens with one attached hydrogen (secondary N) is 2. The summed E-state index contributed by atoms with van der Waals surface area (Å²) in [7, 11) is 0. The Morgan fingerprint density at radius 3 is 2.89 bits per heavy atom. The highest BCUT2D eigenvalue weighted by Crippen LogP contribution is 2.19. The summed E-state index contributed by atoms with van der Waals surface area (Å²) < 4.78 is 1.94. The molecule has 1 aliphatic heterocycles. The van der Waals surface area contributed by atoms with Crippen molar-refractivity contribution in [3.05, 3.63) is 18.0 Å². The van der Waals surface area contributed by atoms with E-state index in [9.17, 15) is 4.79 Å². The van der Waals surface area contributed by atoms with Gasteiger partial charge in [-0.3, -0.25) is 9.48 Å². The Hall–Kier alpha value is -1.36. The lowest BCUT2D eigenvalue weighted by Crippen LogP contribution is -2.34. The largest absolute Gasteiger partial charge is 0.348 e. The molecule has 1 amide bonds. The summed E-state index contributed by atoms with van der Waals surface area (Å²) in [5, 5.41) is 10.9. The van der Waals surface area contributed by atoms with Crippen molar-refractivity contribution < 1.29 is 4.79 Å². The van der Waals surface area contributed by atoms with Gasteiger partial charge >= 0.3 is 0 Å². The maximum absolute atomic E-state index is 12.1. The lowest BCUT2D eigenvalue weighted by Gasteiger charge is -2.22. The van der Waals surface area contributed by atoms with E-state index in [1.165, 1.54) is 19.3 Å². The first-order valence-electron chi connectivity index (χ1n) is 7.39. The van der Waals surface area contributed by atoms with E-state index in [-0.39, 0.29) is 5.91 Å². The van der Waals surface area contributed by atoms with Crippen LogP contribution in [0.1, 0.15) is 55.1 Å². The first kappa shape index (κ1) is 12.7. The Morgan fingerprint density at radius 1 is 1.32 bits per heavy atom. The quantitative estimate of drug-likeness (QED) is 0.867. The van der Waals surface area contributed by atoms with Crippen LogP contribution < -0.4 is 10.6 Å². The monoisotopic (exact) mass is 262 g/mol. The van der Waals surface area contributed by atoms with Crippen LogP contribution in [-0.2, 0) is 0 Å². The SMILES string of the molecule is O=C(NC1CCCC1)c1ccn(C2CCCNC2)n1. The molecule has 1 saturated heterocycles. The number of hydrogen-bond donors (Lipinski definition) is 2. The molecule has 2 fully saturated rings. The molecule has 1 aromatic rings. The van der Waals surface area contributed by atoms with Gasteiger partial charge in [-0.05, 0) is 38.3 Å². The van der Waals surface area contributed by atoms with E-state index in [4.69, 9.17) is 0 Å². The third kappa shape index (κ3) is 2.97. The van der Waals surface area contributed by atoms with E-state index in [2.05, 4.69) is 15.7 Å². The molecule has 0 radical (unpaired) electrons. The van der Waals surface area contributed by atoms with E-state index in [1.807, 2.05) is 16.9 Å². The molecule has 104 valence electrons. The van der Waals surface area contributed by atoms with Gasteiger partial charge in [0.1, 0.15) is 5.69 Å². The van der Waals surface area contributed by atoms with Crippen LogP contribution in [-0.4, -0.2) is 34.8 Å². The maximum atomic E-state index is 12.1. The Bertz CT molecular complexity index is 430. The number of hydrogen-bond acceptors (Lipinski definition) is 3. The topological polar surface area (TPSA) is 59.0 Å². The Morgan fingerprint density at radius 2 is 2.16 bits per heavy atom. The third-order valence-electron chi connectivity index (χ3n) is 4.18. The molecule has 19 heavy (non-hydrogen) atoms. The van der Waals surface area contributed by atoms with Crippen LogP contribution in [0.2, 0.25) is 0 Å². The van der Waals surface area contributed by atoms with Gasteiger partial charge in [0, 0.05) is 18.8 Å². The lowest BCUT2D eigenvalue weighted by atomic mass is 10.1. The number of aromatic nitrogens is 2. The van der Waals surface area contributed by atoms with E-state index in [0.717, 1.165) is 32.4 Å². The highest BCUT2D eigenvalue weighted by molar-refractivity contribution is 5.92. The van der Waals surface area contributed by atoms with Crippen LogP contribution >= 0.6 is 0 Å². The molecule has 1 aromatic heterocycles. The van der Waals surface area contributed by atoms with Crippen molar-refractivity contribution >= 4 is 5.91 Å².